The average Bonchev–Trinajstić information content (AvgIpc) is 3.00. The molecule has 0 aliphatic rings. The van der Waals surface area contributed by atoms with Crippen LogP contribution in [0.1, 0.15) is 22.8 Å². The van der Waals surface area contributed by atoms with Crippen LogP contribution in [0.3, 0.4) is 0 Å². The molecule has 3 aromatic rings. The number of rotatable bonds is 5. The number of hydrogen-bond donors (Lipinski definition) is 1. The van der Waals surface area contributed by atoms with Gasteiger partial charge >= 0.3 is 16.0 Å². The van der Waals surface area contributed by atoms with Gasteiger partial charge in [-0.15, -0.1) is 5.10 Å². The summed E-state index contributed by atoms with van der Waals surface area (Å²) in [6, 6.07) is 3.31. The number of carboxylic acids is 1. The lowest BCUT2D eigenvalue weighted by Crippen LogP contribution is -2.33. The van der Waals surface area contributed by atoms with Gasteiger partial charge in [0.05, 0.1) is 5.56 Å². The van der Waals surface area contributed by atoms with Crippen molar-refractivity contribution in [3.05, 3.63) is 47.5 Å². The summed E-state index contributed by atoms with van der Waals surface area (Å²) in [5.41, 5.74) is -0.306. The Labute approximate surface area is 147 Å². The molecule has 0 aliphatic heterocycles. The summed E-state index contributed by atoms with van der Waals surface area (Å²) in [6.45, 7) is 2.98. The molecule has 2 heterocycles. The zero-order valence-corrected chi connectivity index (χ0v) is 14.6. The van der Waals surface area contributed by atoms with Gasteiger partial charge in [-0.1, -0.05) is 6.07 Å². The molecule has 0 bridgehead atoms. The van der Waals surface area contributed by atoms with Crippen molar-refractivity contribution in [1.82, 2.24) is 19.6 Å². The van der Waals surface area contributed by atoms with E-state index in [4.69, 9.17) is 0 Å². The molecule has 1 N–H and O–H groups in total. The van der Waals surface area contributed by atoms with Gasteiger partial charge in [0.15, 0.2) is 0 Å². The molecule has 26 heavy (non-hydrogen) atoms. The van der Waals surface area contributed by atoms with Gasteiger partial charge in [0, 0.05) is 18.9 Å². The third-order valence-corrected chi connectivity index (χ3v) is 5.23. The van der Waals surface area contributed by atoms with Gasteiger partial charge in [0.25, 0.3) is 10.9 Å². The van der Waals surface area contributed by atoms with Crippen molar-refractivity contribution in [2.45, 2.75) is 19.0 Å². The first-order valence-electron chi connectivity index (χ1n) is 7.49. The maximum absolute atomic E-state index is 14.3. The molecule has 136 valence electrons. The van der Waals surface area contributed by atoms with E-state index in [2.05, 4.69) is 15.1 Å². The van der Waals surface area contributed by atoms with Crippen LogP contribution in [0.15, 0.2) is 35.7 Å². The number of hydrogen-bond acceptors (Lipinski definition) is 6. The first kappa shape index (κ1) is 17.7. The smallest absolute Gasteiger partial charge is 0.337 e. The van der Waals surface area contributed by atoms with Crippen LogP contribution < -0.4 is 4.31 Å². The third kappa shape index (κ3) is 2.86. The van der Waals surface area contributed by atoms with Crippen molar-refractivity contribution in [2.75, 3.05) is 10.8 Å². The Morgan fingerprint density at radius 3 is 2.77 bits per heavy atom. The number of carbonyl (C=O) groups is 1. The quantitative estimate of drug-likeness (QED) is 0.713. The number of nitrogens with zero attached hydrogens (tertiary/aromatic N) is 5. The maximum atomic E-state index is 14.3. The highest BCUT2D eigenvalue weighted by atomic mass is 32.2. The van der Waals surface area contributed by atoms with Gasteiger partial charge in [-0.3, -0.25) is 4.31 Å². The van der Waals surface area contributed by atoms with Crippen LogP contribution in [0.25, 0.3) is 5.78 Å². The summed E-state index contributed by atoms with van der Waals surface area (Å²) < 4.78 is 42.0. The van der Waals surface area contributed by atoms with E-state index < -0.39 is 38.2 Å². The molecule has 0 aliphatic carbocycles. The molecule has 2 aromatic heterocycles. The van der Waals surface area contributed by atoms with Crippen molar-refractivity contribution in [2.24, 2.45) is 0 Å². The largest absolute Gasteiger partial charge is 0.478 e. The molecule has 11 heteroatoms. The molecule has 0 fully saturated rings. The van der Waals surface area contributed by atoms with Gasteiger partial charge in [-0.2, -0.15) is 13.4 Å². The number of sulfonamides is 1. The lowest BCUT2D eigenvalue weighted by atomic mass is 10.1. The molecular weight excluding hydrogens is 365 g/mol. The van der Waals surface area contributed by atoms with Crippen LogP contribution in [0.5, 0.6) is 0 Å². The summed E-state index contributed by atoms with van der Waals surface area (Å²) in [5.74, 6) is -2.38. The maximum Gasteiger partial charge on any atom is 0.337 e. The molecule has 0 radical (unpaired) electrons. The lowest BCUT2D eigenvalue weighted by molar-refractivity contribution is 0.0697. The number of fused-ring (bicyclic) bond motifs is 1. The topological polar surface area (TPSA) is 118 Å². The number of anilines is 1. The molecular formula is C15H14FN5O4S. The van der Waals surface area contributed by atoms with Crippen molar-refractivity contribution in [1.29, 1.82) is 0 Å². The molecule has 1 aromatic carbocycles. The normalized spacial score (nSPS) is 11.7. The first-order valence-corrected chi connectivity index (χ1v) is 8.93. The van der Waals surface area contributed by atoms with Crippen LogP contribution >= 0.6 is 0 Å². The summed E-state index contributed by atoms with van der Waals surface area (Å²) in [6.07, 6.45) is 3.04. The molecule has 0 saturated carbocycles. The van der Waals surface area contributed by atoms with Crippen molar-refractivity contribution < 1.29 is 22.7 Å². The lowest BCUT2D eigenvalue weighted by Gasteiger charge is -2.23. The van der Waals surface area contributed by atoms with Crippen molar-refractivity contribution in [3.63, 3.8) is 0 Å². The van der Waals surface area contributed by atoms with Gasteiger partial charge in [-0.05, 0) is 31.5 Å². The molecule has 0 saturated heterocycles. The second kappa shape index (κ2) is 6.33. The highest BCUT2D eigenvalue weighted by molar-refractivity contribution is 7.92. The van der Waals surface area contributed by atoms with E-state index in [1.807, 2.05) is 0 Å². The number of aromatic nitrogens is 4. The summed E-state index contributed by atoms with van der Waals surface area (Å²) in [7, 11) is -4.41. The monoisotopic (exact) mass is 379 g/mol. The standard InChI is InChI=1S/C15H14FN5O4S/c1-3-21(12-10(13(22)23)5-4-6-11(12)16)26(24,25)15-18-14-17-7-9(2)8-20(14)19-15/h4-8H,3H2,1-2H3,(H,22,23). The number of aromatic carboxylic acids is 1. The molecule has 9 nitrogen and oxygen atoms in total. The molecule has 0 spiro atoms. The SMILES string of the molecule is CCN(c1c(F)cccc1C(=O)O)S(=O)(=O)c1nc2ncc(C)cn2n1. The van der Waals surface area contributed by atoms with Crippen LogP contribution in [-0.4, -0.2) is 45.6 Å². The number of carboxylic acid groups (broad SMARTS) is 1. The zero-order valence-electron chi connectivity index (χ0n) is 13.8. The van der Waals surface area contributed by atoms with Gasteiger partial charge < -0.3 is 5.11 Å². The van der Waals surface area contributed by atoms with Gasteiger partial charge in [0.1, 0.15) is 11.5 Å². The number of aryl methyl sites for hydroxylation is 1. The summed E-state index contributed by atoms with van der Waals surface area (Å²) >= 11 is 0. The van der Waals surface area contributed by atoms with E-state index in [1.165, 1.54) is 29.9 Å². The van der Waals surface area contributed by atoms with Crippen molar-refractivity contribution >= 4 is 27.5 Å². The Kier molecular flexibility index (Phi) is 4.32. The highest BCUT2D eigenvalue weighted by Gasteiger charge is 2.33. The minimum Gasteiger partial charge on any atom is -0.478 e. The van der Waals surface area contributed by atoms with Crippen LogP contribution in [-0.2, 0) is 10.0 Å². The van der Waals surface area contributed by atoms with Crippen LogP contribution in [0.2, 0.25) is 0 Å². The summed E-state index contributed by atoms with van der Waals surface area (Å²) in [5, 5.41) is 12.6. The van der Waals surface area contributed by atoms with E-state index >= 15 is 0 Å². The fourth-order valence-corrected chi connectivity index (χ4v) is 3.80. The minimum absolute atomic E-state index is 0.0530. The predicted molar refractivity (Wildman–Crippen MR) is 89.1 cm³/mol. The predicted octanol–water partition coefficient (Wildman–Crippen LogP) is 1.49. The Hall–Kier alpha value is -3.08. The Morgan fingerprint density at radius 1 is 1.38 bits per heavy atom. The van der Waals surface area contributed by atoms with E-state index in [0.717, 1.165) is 17.7 Å². The van der Waals surface area contributed by atoms with Gasteiger partial charge in [-0.25, -0.2) is 18.7 Å². The second-order valence-electron chi connectivity index (χ2n) is 5.38. The number of halogens is 1. The van der Waals surface area contributed by atoms with E-state index in [-0.39, 0.29) is 12.3 Å². The number of para-hydroxylation sites is 1. The van der Waals surface area contributed by atoms with E-state index in [0.29, 0.717) is 4.31 Å². The van der Waals surface area contributed by atoms with E-state index in [9.17, 15) is 22.7 Å². The van der Waals surface area contributed by atoms with Crippen LogP contribution in [0, 0.1) is 12.7 Å². The molecule has 0 amide bonds. The zero-order chi connectivity index (χ0) is 19.1. The Balaban J connectivity index is 2.19. The summed E-state index contributed by atoms with van der Waals surface area (Å²) in [4.78, 5) is 19.2. The number of benzene rings is 1. The molecule has 0 unspecified atom stereocenters. The van der Waals surface area contributed by atoms with E-state index in [1.54, 1.807) is 6.92 Å². The highest BCUT2D eigenvalue weighted by Crippen LogP contribution is 2.29. The first-order chi connectivity index (χ1) is 12.3. The van der Waals surface area contributed by atoms with Crippen molar-refractivity contribution in [3.8, 4) is 0 Å². The fraction of sp³-hybridized carbons (Fsp3) is 0.200. The fourth-order valence-electron chi connectivity index (χ4n) is 2.45. The minimum atomic E-state index is -4.41. The second-order valence-corrected chi connectivity index (χ2v) is 7.14. The third-order valence-electron chi connectivity index (χ3n) is 3.58. The Bertz CT molecular complexity index is 1110. The molecule has 0 atom stereocenters. The Morgan fingerprint density at radius 2 is 2.12 bits per heavy atom. The van der Waals surface area contributed by atoms with Gasteiger partial charge in [0.2, 0.25) is 0 Å². The molecule has 3 rings (SSSR count). The average molecular weight is 379 g/mol. The van der Waals surface area contributed by atoms with Crippen LogP contribution in [0.4, 0.5) is 10.1 Å².